The summed E-state index contributed by atoms with van der Waals surface area (Å²) in [5.74, 6) is 0. The molecule has 1 atom stereocenters. The summed E-state index contributed by atoms with van der Waals surface area (Å²) >= 11 is 0. The Balaban J connectivity index is 1.37. The lowest BCUT2D eigenvalue weighted by molar-refractivity contribution is 0.160. The fourth-order valence-corrected chi connectivity index (χ4v) is 4.38. The minimum atomic E-state index is 0.704. The number of hydrogen-bond acceptors (Lipinski definition) is 2. The Bertz CT molecular complexity index is 282. The maximum atomic E-state index is 3.85. The minimum Gasteiger partial charge on any atom is -0.312 e. The third-order valence-electron chi connectivity index (χ3n) is 6.23. The molecule has 3 aliphatic rings. The zero-order valence-electron chi connectivity index (χ0n) is 13.0. The summed E-state index contributed by atoms with van der Waals surface area (Å²) in [5, 5.41) is 3.85. The third-order valence-corrected chi connectivity index (χ3v) is 6.23. The smallest absolute Gasteiger partial charge is 0.0192 e. The molecule has 1 unspecified atom stereocenters. The first-order valence-electron chi connectivity index (χ1n) is 8.64. The highest BCUT2D eigenvalue weighted by atomic mass is 15.2. The molecule has 3 fully saturated rings. The van der Waals surface area contributed by atoms with Crippen LogP contribution in [0.5, 0.6) is 0 Å². The summed E-state index contributed by atoms with van der Waals surface area (Å²) in [6.07, 6.45) is 14.8. The largest absolute Gasteiger partial charge is 0.312 e. The Labute approximate surface area is 119 Å². The molecule has 3 rings (SSSR count). The molecule has 0 radical (unpaired) electrons. The molecule has 0 amide bonds. The molecule has 110 valence electrons. The van der Waals surface area contributed by atoms with Crippen LogP contribution in [-0.2, 0) is 0 Å². The van der Waals surface area contributed by atoms with Crippen LogP contribution in [0.2, 0.25) is 0 Å². The summed E-state index contributed by atoms with van der Waals surface area (Å²) in [4.78, 5) is 2.58. The van der Waals surface area contributed by atoms with E-state index in [0.717, 1.165) is 17.5 Å². The van der Waals surface area contributed by atoms with Gasteiger partial charge in [0.25, 0.3) is 0 Å². The van der Waals surface area contributed by atoms with Crippen molar-refractivity contribution >= 4 is 0 Å². The lowest BCUT2D eigenvalue weighted by atomic mass is 9.71. The molecule has 2 heteroatoms. The second kappa shape index (κ2) is 5.73. The summed E-state index contributed by atoms with van der Waals surface area (Å²) in [5.41, 5.74) is 0.786. The Morgan fingerprint density at radius 1 is 1.05 bits per heavy atom. The molecule has 0 aromatic rings. The Morgan fingerprint density at radius 3 is 2.26 bits per heavy atom. The Hall–Kier alpha value is -0.0800. The molecule has 0 bridgehead atoms. The maximum absolute atomic E-state index is 3.85. The van der Waals surface area contributed by atoms with E-state index in [2.05, 4.69) is 24.2 Å². The van der Waals surface area contributed by atoms with Crippen LogP contribution >= 0.6 is 0 Å². The Morgan fingerprint density at radius 2 is 1.68 bits per heavy atom. The minimum absolute atomic E-state index is 0.704. The van der Waals surface area contributed by atoms with Crippen molar-refractivity contribution in [2.45, 2.75) is 89.3 Å². The van der Waals surface area contributed by atoms with Gasteiger partial charge in [-0.2, -0.15) is 0 Å². The average molecular weight is 264 g/mol. The van der Waals surface area contributed by atoms with Crippen LogP contribution in [0.25, 0.3) is 0 Å². The van der Waals surface area contributed by atoms with Gasteiger partial charge in [-0.15, -0.1) is 0 Å². The van der Waals surface area contributed by atoms with E-state index >= 15 is 0 Å². The quantitative estimate of drug-likeness (QED) is 0.817. The molecule has 19 heavy (non-hydrogen) atoms. The molecule has 1 spiro atoms. The first-order valence-corrected chi connectivity index (χ1v) is 8.64. The molecular weight excluding hydrogens is 232 g/mol. The molecule has 2 nitrogen and oxygen atoms in total. The van der Waals surface area contributed by atoms with Crippen LogP contribution in [-0.4, -0.2) is 36.6 Å². The first kappa shape index (κ1) is 13.9. The van der Waals surface area contributed by atoms with Crippen molar-refractivity contribution in [2.75, 3.05) is 13.6 Å². The summed E-state index contributed by atoms with van der Waals surface area (Å²) in [6.45, 7) is 3.57. The van der Waals surface area contributed by atoms with Gasteiger partial charge in [-0.25, -0.2) is 0 Å². The van der Waals surface area contributed by atoms with E-state index in [1.807, 2.05) is 0 Å². The topological polar surface area (TPSA) is 15.3 Å². The fourth-order valence-electron chi connectivity index (χ4n) is 4.38. The maximum Gasteiger partial charge on any atom is 0.0192 e. The van der Waals surface area contributed by atoms with Crippen molar-refractivity contribution in [3.63, 3.8) is 0 Å². The number of nitrogens with zero attached hydrogens (tertiary/aromatic N) is 1. The van der Waals surface area contributed by atoms with Gasteiger partial charge in [0.2, 0.25) is 0 Å². The normalized spacial score (nSPS) is 29.2. The molecule has 3 aliphatic carbocycles. The number of hydrogen-bond donors (Lipinski definition) is 1. The lowest BCUT2D eigenvalue weighted by Gasteiger charge is -2.38. The van der Waals surface area contributed by atoms with Crippen molar-refractivity contribution in [1.29, 1.82) is 0 Å². The summed E-state index contributed by atoms with van der Waals surface area (Å²) < 4.78 is 0. The van der Waals surface area contributed by atoms with Crippen molar-refractivity contribution < 1.29 is 0 Å². The van der Waals surface area contributed by atoms with Crippen LogP contribution in [0.15, 0.2) is 0 Å². The van der Waals surface area contributed by atoms with Gasteiger partial charge >= 0.3 is 0 Å². The van der Waals surface area contributed by atoms with Crippen molar-refractivity contribution in [2.24, 2.45) is 5.41 Å². The highest BCUT2D eigenvalue weighted by Gasteiger charge is 2.37. The van der Waals surface area contributed by atoms with Gasteiger partial charge in [-0.1, -0.05) is 12.8 Å². The standard InChI is InChI=1S/C17H32N2/c1-14(19(2)16-5-6-16)13-18-15-7-11-17(12-8-15)9-3-4-10-17/h14-16,18H,3-13H2,1-2H3. The van der Waals surface area contributed by atoms with Crippen molar-refractivity contribution in [3.8, 4) is 0 Å². The van der Waals surface area contributed by atoms with Gasteiger partial charge < -0.3 is 5.32 Å². The van der Waals surface area contributed by atoms with Crippen molar-refractivity contribution in [3.05, 3.63) is 0 Å². The van der Waals surface area contributed by atoms with Crippen LogP contribution < -0.4 is 5.32 Å². The third kappa shape index (κ3) is 3.33. The molecule has 0 heterocycles. The van der Waals surface area contributed by atoms with Gasteiger partial charge in [0, 0.05) is 24.7 Å². The van der Waals surface area contributed by atoms with E-state index in [1.54, 1.807) is 0 Å². The molecule has 0 aromatic carbocycles. The zero-order valence-corrected chi connectivity index (χ0v) is 13.0. The monoisotopic (exact) mass is 264 g/mol. The predicted molar refractivity (Wildman–Crippen MR) is 81.4 cm³/mol. The summed E-state index contributed by atoms with van der Waals surface area (Å²) in [6, 6.07) is 2.40. The van der Waals surface area contributed by atoms with Crippen LogP contribution in [0, 0.1) is 5.41 Å². The molecular formula is C17H32N2. The zero-order chi connectivity index (χ0) is 13.3. The van der Waals surface area contributed by atoms with Gasteiger partial charge in [0.15, 0.2) is 0 Å². The molecule has 0 saturated heterocycles. The number of nitrogens with one attached hydrogen (secondary N) is 1. The highest BCUT2D eigenvalue weighted by molar-refractivity contribution is 4.92. The van der Waals surface area contributed by atoms with E-state index in [9.17, 15) is 0 Å². The molecule has 0 aliphatic heterocycles. The van der Waals surface area contributed by atoms with Crippen molar-refractivity contribution in [1.82, 2.24) is 10.2 Å². The molecule has 1 N–H and O–H groups in total. The van der Waals surface area contributed by atoms with Gasteiger partial charge in [0.05, 0.1) is 0 Å². The molecule has 3 saturated carbocycles. The number of rotatable bonds is 5. The van der Waals surface area contributed by atoms with Crippen LogP contribution in [0.3, 0.4) is 0 Å². The van der Waals surface area contributed by atoms with E-state index in [0.29, 0.717) is 6.04 Å². The van der Waals surface area contributed by atoms with Gasteiger partial charge in [-0.3, -0.25) is 4.90 Å². The second-order valence-electron chi connectivity index (χ2n) is 7.64. The van der Waals surface area contributed by atoms with Gasteiger partial charge in [-0.05, 0) is 70.8 Å². The predicted octanol–water partition coefficient (Wildman–Crippen LogP) is 3.56. The first-order chi connectivity index (χ1) is 9.19. The van der Waals surface area contributed by atoms with E-state index in [1.165, 1.54) is 70.8 Å². The summed E-state index contributed by atoms with van der Waals surface area (Å²) in [7, 11) is 2.30. The van der Waals surface area contributed by atoms with E-state index in [-0.39, 0.29) is 0 Å². The molecule has 0 aromatic heterocycles. The Kier molecular flexibility index (Phi) is 4.19. The van der Waals surface area contributed by atoms with E-state index < -0.39 is 0 Å². The number of likely N-dealkylation sites (N-methyl/N-ethyl adjacent to an activating group) is 1. The van der Waals surface area contributed by atoms with E-state index in [4.69, 9.17) is 0 Å². The average Bonchev–Trinajstić information content (AvgIpc) is 3.19. The SMILES string of the molecule is CC(CNC1CCC2(CCCC2)CC1)N(C)C1CC1. The van der Waals surface area contributed by atoms with Gasteiger partial charge in [0.1, 0.15) is 0 Å². The fraction of sp³-hybridized carbons (Fsp3) is 1.00. The van der Waals surface area contributed by atoms with Crippen LogP contribution in [0.1, 0.15) is 71.1 Å². The second-order valence-corrected chi connectivity index (χ2v) is 7.64. The highest BCUT2D eigenvalue weighted by Crippen LogP contribution is 2.48. The lowest BCUT2D eigenvalue weighted by Crippen LogP contribution is -2.44. The van der Waals surface area contributed by atoms with Crippen LogP contribution in [0.4, 0.5) is 0 Å².